The standard InChI is InChI=1S/C19H20ClN5O2/c1-3-18(26)25-6-4-5-12(10-25)13-7-15(24-17(20)8-13)14-9-16(19(27)21-2)23-11-22-14/h3,7-9,11-12H,1,4-6,10H2,2H3,(H,21,27)/t12-/m0/s1. The second-order valence-electron chi connectivity index (χ2n) is 6.30. The van der Waals surface area contributed by atoms with Gasteiger partial charge in [0.2, 0.25) is 5.91 Å². The zero-order chi connectivity index (χ0) is 19.4. The van der Waals surface area contributed by atoms with E-state index >= 15 is 0 Å². The highest BCUT2D eigenvalue weighted by molar-refractivity contribution is 6.29. The van der Waals surface area contributed by atoms with E-state index in [0.717, 1.165) is 24.9 Å². The number of piperidine rings is 1. The van der Waals surface area contributed by atoms with E-state index in [1.807, 2.05) is 12.1 Å². The van der Waals surface area contributed by atoms with Crippen LogP contribution >= 0.6 is 11.6 Å². The maximum atomic E-state index is 11.9. The molecule has 1 aliphatic rings. The monoisotopic (exact) mass is 385 g/mol. The molecule has 0 unspecified atom stereocenters. The zero-order valence-electron chi connectivity index (χ0n) is 15.0. The lowest BCUT2D eigenvalue weighted by molar-refractivity contribution is -0.127. The highest BCUT2D eigenvalue weighted by Crippen LogP contribution is 2.31. The molecule has 140 valence electrons. The highest BCUT2D eigenvalue weighted by Gasteiger charge is 2.24. The Morgan fingerprint density at radius 3 is 2.85 bits per heavy atom. The first kappa shape index (κ1) is 19.0. The minimum absolute atomic E-state index is 0.0638. The number of nitrogens with zero attached hydrogens (tertiary/aromatic N) is 4. The molecule has 2 aromatic rings. The van der Waals surface area contributed by atoms with Crippen LogP contribution < -0.4 is 5.32 Å². The van der Waals surface area contributed by atoms with Gasteiger partial charge in [0.15, 0.2) is 0 Å². The molecule has 0 aliphatic carbocycles. The molecule has 1 aliphatic heterocycles. The predicted octanol–water partition coefficient (Wildman–Crippen LogP) is 2.44. The summed E-state index contributed by atoms with van der Waals surface area (Å²) in [4.78, 5) is 38.1. The summed E-state index contributed by atoms with van der Waals surface area (Å²) in [5, 5.41) is 2.88. The van der Waals surface area contributed by atoms with Crippen LogP contribution in [0.5, 0.6) is 0 Å². The van der Waals surface area contributed by atoms with Crippen molar-refractivity contribution in [2.24, 2.45) is 0 Å². The molecule has 0 spiro atoms. The first-order chi connectivity index (χ1) is 13.0. The minimum atomic E-state index is -0.299. The van der Waals surface area contributed by atoms with E-state index in [1.54, 1.807) is 18.0 Å². The van der Waals surface area contributed by atoms with E-state index in [1.165, 1.54) is 12.4 Å². The summed E-state index contributed by atoms with van der Waals surface area (Å²) in [6.07, 6.45) is 4.53. The van der Waals surface area contributed by atoms with Gasteiger partial charge < -0.3 is 10.2 Å². The average Bonchev–Trinajstić information content (AvgIpc) is 2.72. The van der Waals surface area contributed by atoms with E-state index in [9.17, 15) is 9.59 Å². The fourth-order valence-corrected chi connectivity index (χ4v) is 3.43. The number of carbonyl (C=O) groups is 2. The first-order valence-electron chi connectivity index (χ1n) is 8.65. The van der Waals surface area contributed by atoms with Crippen LogP contribution in [0, 0.1) is 0 Å². The third-order valence-electron chi connectivity index (χ3n) is 4.58. The van der Waals surface area contributed by atoms with Crippen LogP contribution in [-0.2, 0) is 4.79 Å². The van der Waals surface area contributed by atoms with Crippen LogP contribution in [-0.4, -0.2) is 51.8 Å². The number of carbonyl (C=O) groups excluding carboxylic acids is 2. The topological polar surface area (TPSA) is 88.1 Å². The Kier molecular flexibility index (Phi) is 5.81. The smallest absolute Gasteiger partial charge is 0.269 e. The van der Waals surface area contributed by atoms with Crippen molar-refractivity contribution in [2.75, 3.05) is 20.1 Å². The van der Waals surface area contributed by atoms with Gasteiger partial charge in [-0.2, -0.15) is 0 Å². The molecule has 2 aromatic heterocycles. The third kappa shape index (κ3) is 4.31. The van der Waals surface area contributed by atoms with Gasteiger partial charge in [-0.05, 0) is 42.7 Å². The van der Waals surface area contributed by atoms with E-state index in [-0.39, 0.29) is 23.4 Å². The van der Waals surface area contributed by atoms with Crippen molar-refractivity contribution in [2.45, 2.75) is 18.8 Å². The van der Waals surface area contributed by atoms with Crippen LogP contribution in [0.25, 0.3) is 11.4 Å². The second kappa shape index (κ2) is 8.26. The number of amides is 2. The number of aromatic nitrogens is 3. The van der Waals surface area contributed by atoms with Crippen molar-refractivity contribution in [3.05, 3.63) is 53.6 Å². The highest BCUT2D eigenvalue weighted by atomic mass is 35.5. The van der Waals surface area contributed by atoms with Gasteiger partial charge in [-0.25, -0.2) is 15.0 Å². The lowest BCUT2D eigenvalue weighted by atomic mass is 9.90. The van der Waals surface area contributed by atoms with Crippen LogP contribution in [0.1, 0.15) is 34.8 Å². The number of nitrogens with one attached hydrogen (secondary N) is 1. The van der Waals surface area contributed by atoms with Crippen molar-refractivity contribution in [3.8, 4) is 11.4 Å². The number of rotatable bonds is 4. The summed E-state index contributed by atoms with van der Waals surface area (Å²) in [6, 6.07) is 5.31. The summed E-state index contributed by atoms with van der Waals surface area (Å²) >= 11 is 6.24. The number of hydrogen-bond acceptors (Lipinski definition) is 5. The van der Waals surface area contributed by atoms with Crippen molar-refractivity contribution in [1.82, 2.24) is 25.2 Å². The van der Waals surface area contributed by atoms with E-state index in [0.29, 0.717) is 23.1 Å². The van der Waals surface area contributed by atoms with Crippen molar-refractivity contribution >= 4 is 23.4 Å². The molecule has 0 saturated carbocycles. The van der Waals surface area contributed by atoms with Gasteiger partial charge in [0, 0.05) is 26.1 Å². The number of pyridine rings is 1. The van der Waals surface area contributed by atoms with Gasteiger partial charge in [-0.15, -0.1) is 0 Å². The van der Waals surface area contributed by atoms with Gasteiger partial charge in [-0.1, -0.05) is 18.2 Å². The van der Waals surface area contributed by atoms with Gasteiger partial charge in [0.1, 0.15) is 17.2 Å². The molecule has 7 nitrogen and oxygen atoms in total. The van der Waals surface area contributed by atoms with E-state index in [4.69, 9.17) is 11.6 Å². The quantitative estimate of drug-likeness (QED) is 0.645. The van der Waals surface area contributed by atoms with Gasteiger partial charge in [0.05, 0.1) is 11.4 Å². The molecule has 1 N–H and O–H groups in total. The lowest BCUT2D eigenvalue weighted by Crippen LogP contribution is -2.38. The van der Waals surface area contributed by atoms with E-state index < -0.39 is 0 Å². The summed E-state index contributed by atoms with van der Waals surface area (Å²) in [6.45, 7) is 4.90. The number of halogens is 1. The molecule has 1 saturated heterocycles. The largest absolute Gasteiger partial charge is 0.354 e. The molecule has 2 amide bonds. The van der Waals surface area contributed by atoms with Crippen LogP contribution in [0.2, 0.25) is 5.15 Å². The molecule has 1 fully saturated rings. The molecule has 27 heavy (non-hydrogen) atoms. The molecule has 8 heteroatoms. The molecular formula is C19H20ClN5O2. The van der Waals surface area contributed by atoms with Crippen molar-refractivity contribution in [1.29, 1.82) is 0 Å². The third-order valence-corrected chi connectivity index (χ3v) is 4.78. The fraction of sp³-hybridized carbons (Fsp3) is 0.316. The Balaban J connectivity index is 1.92. The Bertz CT molecular complexity index is 886. The molecule has 0 bridgehead atoms. The Hall–Kier alpha value is -2.80. The molecular weight excluding hydrogens is 366 g/mol. The lowest BCUT2D eigenvalue weighted by Gasteiger charge is -2.32. The Labute approximate surface area is 162 Å². The van der Waals surface area contributed by atoms with Crippen molar-refractivity contribution in [3.63, 3.8) is 0 Å². The van der Waals surface area contributed by atoms with Gasteiger partial charge in [0.25, 0.3) is 5.91 Å². The van der Waals surface area contributed by atoms with Crippen LogP contribution in [0.3, 0.4) is 0 Å². The molecule has 0 aromatic carbocycles. The molecule has 3 rings (SSSR count). The fourth-order valence-electron chi connectivity index (χ4n) is 3.21. The SMILES string of the molecule is C=CC(=O)N1CCC[C@H](c2cc(Cl)nc(-c3cc(C(=O)NC)ncn3)c2)C1. The molecule has 0 radical (unpaired) electrons. The van der Waals surface area contributed by atoms with Crippen LogP contribution in [0.15, 0.2) is 37.2 Å². The average molecular weight is 386 g/mol. The maximum absolute atomic E-state index is 11.9. The van der Waals surface area contributed by atoms with Gasteiger partial charge in [-0.3, -0.25) is 9.59 Å². The molecule has 1 atom stereocenters. The van der Waals surface area contributed by atoms with Crippen molar-refractivity contribution < 1.29 is 9.59 Å². The Morgan fingerprint density at radius 1 is 1.30 bits per heavy atom. The first-order valence-corrected chi connectivity index (χ1v) is 9.03. The summed E-state index contributed by atoms with van der Waals surface area (Å²) in [5.41, 5.74) is 2.33. The number of likely N-dealkylation sites (tertiary alicyclic amines) is 1. The summed E-state index contributed by atoms with van der Waals surface area (Å²) in [7, 11) is 1.54. The minimum Gasteiger partial charge on any atom is -0.354 e. The maximum Gasteiger partial charge on any atom is 0.269 e. The predicted molar refractivity (Wildman–Crippen MR) is 102 cm³/mol. The van der Waals surface area contributed by atoms with E-state index in [2.05, 4.69) is 26.8 Å². The summed E-state index contributed by atoms with van der Waals surface area (Å²) in [5.74, 6) is -0.208. The van der Waals surface area contributed by atoms with Gasteiger partial charge >= 0.3 is 0 Å². The number of hydrogen-bond donors (Lipinski definition) is 1. The molecule has 3 heterocycles. The normalized spacial score (nSPS) is 16.7. The summed E-state index contributed by atoms with van der Waals surface area (Å²) < 4.78 is 0. The van der Waals surface area contributed by atoms with Crippen LogP contribution in [0.4, 0.5) is 0 Å². The second-order valence-corrected chi connectivity index (χ2v) is 6.69. The zero-order valence-corrected chi connectivity index (χ0v) is 15.7. The Morgan fingerprint density at radius 2 is 2.11 bits per heavy atom.